The third-order valence-electron chi connectivity index (χ3n) is 7.54. The number of hydrogen-bond donors (Lipinski definition) is 0. The number of nitrogens with zero attached hydrogens (tertiary/aromatic N) is 2. The number of allylic oxidation sites excluding steroid dienone is 1. The van der Waals surface area contributed by atoms with Gasteiger partial charge in [0.25, 0.3) is 5.56 Å². The standard InChI is InChI=1S/C35H29BrN2O5S/c1-4-27-31(34(40)42-3)32(23-11-6-5-7-12-23)38-33(39)30(44-35(38)37-27)18-25-17-28(41-2)29(19-26(25)36)43-20-21-14-15-22-10-8-9-13-24(22)16-21/h5-19,32H,4,20H2,1-3H3/b30-18-/t32-/m0/s1. The van der Waals surface area contributed by atoms with Gasteiger partial charge in [0, 0.05) is 4.47 Å². The summed E-state index contributed by atoms with van der Waals surface area (Å²) in [5.41, 5.74) is 3.31. The average molecular weight is 670 g/mol. The van der Waals surface area contributed by atoms with E-state index in [2.05, 4.69) is 46.3 Å². The molecule has 0 aliphatic carbocycles. The van der Waals surface area contributed by atoms with Crippen molar-refractivity contribution in [2.24, 2.45) is 4.99 Å². The molecule has 9 heteroatoms. The lowest BCUT2D eigenvalue weighted by atomic mass is 9.95. The van der Waals surface area contributed by atoms with E-state index in [0.29, 0.717) is 45.1 Å². The van der Waals surface area contributed by atoms with Crippen molar-refractivity contribution in [3.05, 3.63) is 137 Å². The maximum atomic E-state index is 14.0. The number of fused-ring (bicyclic) bond motifs is 2. The summed E-state index contributed by atoms with van der Waals surface area (Å²) in [6.45, 7) is 2.30. The zero-order valence-electron chi connectivity index (χ0n) is 24.4. The van der Waals surface area contributed by atoms with Crippen LogP contribution in [0, 0.1) is 0 Å². The Morgan fingerprint density at radius 2 is 1.73 bits per heavy atom. The summed E-state index contributed by atoms with van der Waals surface area (Å²) in [6, 6.07) is 27.0. The van der Waals surface area contributed by atoms with Gasteiger partial charge in [0.15, 0.2) is 16.3 Å². The van der Waals surface area contributed by atoms with E-state index in [1.807, 2.05) is 61.5 Å². The van der Waals surface area contributed by atoms with E-state index in [4.69, 9.17) is 19.2 Å². The van der Waals surface area contributed by atoms with Crippen molar-refractivity contribution < 1.29 is 19.0 Å². The van der Waals surface area contributed by atoms with E-state index in [1.54, 1.807) is 17.8 Å². The minimum absolute atomic E-state index is 0.248. The summed E-state index contributed by atoms with van der Waals surface area (Å²) < 4.78 is 19.8. The number of halogens is 1. The third-order valence-corrected chi connectivity index (χ3v) is 9.21. The van der Waals surface area contributed by atoms with E-state index in [0.717, 1.165) is 26.5 Å². The molecular weight excluding hydrogens is 640 g/mol. The highest BCUT2D eigenvalue weighted by atomic mass is 79.9. The monoisotopic (exact) mass is 668 g/mol. The quantitative estimate of drug-likeness (QED) is 0.181. The van der Waals surface area contributed by atoms with Crippen LogP contribution in [0.4, 0.5) is 0 Å². The first-order chi connectivity index (χ1) is 21.4. The lowest BCUT2D eigenvalue weighted by Crippen LogP contribution is -2.40. The molecule has 6 rings (SSSR count). The van der Waals surface area contributed by atoms with Crippen LogP contribution in [-0.4, -0.2) is 24.8 Å². The van der Waals surface area contributed by atoms with Crippen molar-refractivity contribution in [2.45, 2.75) is 26.0 Å². The first-order valence-corrected chi connectivity index (χ1v) is 15.7. The van der Waals surface area contributed by atoms with Crippen LogP contribution in [0.3, 0.4) is 0 Å². The maximum Gasteiger partial charge on any atom is 0.338 e. The Morgan fingerprint density at radius 3 is 2.45 bits per heavy atom. The molecule has 0 saturated carbocycles. The van der Waals surface area contributed by atoms with Crippen molar-refractivity contribution >= 4 is 50.1 Å². The number of ether oxygens (including phenoxy) is 3. The molecule has 4 aromatic carbocycles. The molecule has 44 heavy (non-hydrogen) atoms. The largest absolute Gasteiger partial charge is 0.493 e. The summed E-state index contributed by atoms with van der Waals surface area (Å²) >= 11 is 4.95. The van der Waals surface area contributed by atoms with Gasteiger partial charge in [-0.2, -0.15) is 0 Å². The summed E-state index contributed by atoms with van der Waals surface area (Å²) in [5.74, 6) is 0.613. The van der Waals surface area contributed by atoms with Gasteiger partial charge in [-0.1, -0.05) is 101 Å². The fraction of sp³-hybridized carbons (Fsp3) is 0.171. The van der Waals surface area contributed by atoms with Gasteiger partial charge in [-0.3, -0.25) is 9.36 Å². The molecule has 2 heterocycles. The molecule has 0 fully saturated rings. The van der Waals surface area contributed by atoms with E-state index in [-0.39, 0.29) is 5.56 Å². The molecule has 0 saturated heterocycles. The van der Waals surface area contributed by atoms with Crippen LogP contribution >= 0.6 is 27.3 Å². The van der Waals surface area contributed by atoms with Crippen LogP contribution < -0.4 is 24.4 Å². The van der Waals surface area contributed by atoms with E-state index < -0.39 is 12.0 Å². The molecule has 1 atom stereocenters. The Bertz CT molecular complexity index is 2100. The van der Waals surface area contributed by atoms with Gasteiger partial charge in [0.2, 0.25) is 0 Å². The van der Waals surface area contributed by atoms with Gasteiger partial charge in [0.1, 0.15) is 6.61 Å². The number of rotatable bonds is 8. The predicted molar refractivity (Wildman–Crippen MR) is 176 cm³/mol. The zero-order valence-corrected chi connectivity index (χ0v) is 26.8. The molecular formula is C35H29BrN2O5S. The number of aromatic nitrogens is 1. The van der Waals surface area contributed by atoms with Crippen LogP contribution in [0.1, 0.15) is 36.1 Å². The molecule has 0 bridgehead atoms. The topological polar surface area (TPSA) is 79.1 Å². The van der Waals surface area contributed by atoms with Crippen LogP contribution in [0.15, 0.2) is 110 Å². The second kappa shape index (κ2) is 12.6. The van der Waals surface area contributed by atoms with Crippen LogP contribution in [0.25, 0.3) is 16.8 Å². The van der Waals surface area contributed by atoms with E-state index >= 15 is 0 Å². The number of benzene rings is 4. The fourth-order valence-corrected chi connectivity index (χ4v) is 6.83. The molecule has 7 nitrogen and oxygen atoms in total. The fourth-order valence-electron chi connectivity index (χ4n) is 5.38. The molecule has 5 aromatic rings. The highest BCUT2D eigenvalue weighted by molar-refractivity contribution is 9.10. The number of carbonyl (C=O) groups is 1. The normalized spacial score (nSPS) is 14.7. The van der Waals surface area contributed by atoms with Gasteiger partial charge in [-0.05, 0) is 58.2 Å². The SMILES string of the molecule is CCC1=C(C(=O)OC)[C@H](c2ccccc2)n2c(s/c(=C\c3cc(OC)c(OCc4ccc5ccccc5c4)cc3Br)c2=O)=N1. The van der Waals surface area contributed by atoms with Gasteiger partial charge < -0.3 is 14.2 Å². The number of thiazole rings is 1. The molecule has 0 spiro atoms. The van der Waals surface area contributed by atoms with Crippen molar-refractivity contribution in [2.75, 3.05) is 14.2 Å². The molecule has 0 amide bonds. The molecule has 222 valence electrons. The smallest absolute Gasteiger partial charge is 0.338 e. The van der Waals surface area contributed by atoms with Crippen LogP contribution in [0.5, 0.6) is 11.5 Å². The van der Waals surface area contributed by atoms with Crippen LogP contribution in [-0.2, 0) is 16.1 Å². The van der Waals surface area contributed by atoms with Crippen molar-refractivity contribution in [3.63, 3.8) is 0 Å². The first-order valence-electron chi connectivity index (χ1n) is 14.1. The summed E-state index contributed by atoms with van der Waals surface area (Å²) in [4.78, 5) is 32.2. The second-order valence-corrected chi connectivity index (χ2v) is 12.1. The number of hydrogen-bond acceptors (Lipinski definition) is 7. The molecule has 1 aliphatic rings. The predicted octanol–water partition coefficient (Wildman–Crippen LogP) is 6.30. The Morgan fingerprint density at radius 1 is 0.977 bits per heavy atom. The lowest BCUT2D eigenvalue weighted by molar-refractivity contribution is -0.136. The van der Waals surface area contributed by atoms with Crippen LogP contribution in [0.2, 0.25) is 0 Å². The minimum atomic E-state index is -0.652. The number of esters is 1. The molecule has 1 aliphatic heterocycles. The van der Waals surface area contributed by atoms with Crippen molar-refractivity contribution in [3.8, 4) is 11.5 Å². The van der Waals surface area contributed by atoms with Gasteiger partial charge in [0.05, 0.1) is 36.1 Å². The third kappa shape index (κ3) is 5.60. The van der Waals surface area contributed by atoms with Crippen molar-refractivity contribution in [1.82, 2.24) is 4.57 Å². The van der Waals surface area contributed by atoms with Gasteiger partial charge >= 0.3 is 5.97 Å². The highest BCUT2D eigenvalue weighted by Crippen LogP contribution is 2.35. The molecule has 0 radical (unpaired) electrons. The summed E-state index contributed by atoms with van der Waals surface area (Å²) in [7, 11) is 2.93. The Labute approximate surface area is 266 Å². The Kier molecular flexibility index (Phi) is 8.50. The zero-order chi connectivity index (χ0) is 30.8. The molecule has 1 aromatic heterocycles. The average Bonchev–Trinajstić information content (AvgIpc) is 3.37. The summed E-state index contributed by atoms with van der Waals surface area (Å²) in [6.07, 6.45) is 2.32. The molecule has 0 N–H and O–H groups in total. The lowest BCUT2D eigenvalue weighted by Gasteiger charge is -2.25. The Hall–Kier alpha value is -4.47. The Balaban J connectivity index is 1.38. The minimum Gasteiger partial charge on any atom is -0.493 e. The number of methoxy groups -OCH3 is 2. The van der Waals surface area contributed by atoms with E-state index in [9.17, 15) is 9.59 Å². The van der Waals surface area contributed by atoms with E-state index in [1.165, 1.54) is 23.8 Å². The summed E-state index contributed by atoms with van der Waals surface area (Å²) in [5, 5.41) is 2.33. The van der Waals surface area contributed by atoms with Gasteiger partial charge in [-0.25, -0.2) is 9.79 Å². The van der Waals surface area contributed by atoms with Gasteiger partial charge in [-0.15, -0.1) is 0 Å². The second-order valence-electron chi connectivity index (χ2n) is 10.2. The molecule has 0 unspecified atom stereocenters. The maximum absolute atomic E-state index is 14.0. The van der Waals surface area contributed by atoms with Crippen molar-refractivity contribution in [1.29, 1.82) is 0 Å². The highest BCUT2D eigenvalue weighted by Gasteiger charge is 2.33. The number of carbonyl (C=O) groups excluding carboxylic acids is 1. The first kappa shape index (κ1) is 29.6.